The first-order chi connectivity index (χ1) is 7.15. The van der Waals surface area contributed by atoms with E-state index in [9.17, 15) is 4.79 Å². The van der Waals surface area contributed by atoms with E-state index in [4.69, 9.17) is 10.2 Å². The Morgan fingerprint density at radius 2 is 2.27 bits per heavy atom. The van der Waals surface area contributed by atoms with Crippen molar-refractivity contribution >= 4 is 5.97 Å². The van der Waals surface area contributed by atoms with Crippen LogP contribution in [-0.4, -0.2) is 22.8 Å². The third kappa shape index (κ3) is 3.12. The van der Waals surface area contributed by atoms with Crippen molar-refractivity contribution in [2.24, 2.45) is 0 Å². The molecule has 0 saturated heterocycles. The third-order valence-electron chi connectivity index (χ3n) is 2.07. The van der Waals surface area contributed by atoms with E-state index >= 15 is 0 Å². The largest absolute Gasteiger partial charge is 0.481 e. The summed E-state index contributed by atoms with van der Waals surface area (Å²) in [5.74, 6) is 3.85. The molecule has 0 fully saturated rings. The van der Waals surface area contributed by atoms with Crippen LogP contribution in [0.2, 0.25) is 0 Å². The van der Waals surface area contributed by atoms with Crippen LogP contribution >= 0.6 is 0 Å². The minimum absolute atomic E-state index is 0.196. The van der Waals surface area contributed by atoms with Crippen molar-refractivity contribution in [3.05, 3.63) is 35.4 Å². The average molecular weight is 204 g/mol. The number of aliphatic hydroxyl groups is 1. The highest BCUT2D eigenvalue weighted by Crippen LogP contribution is 2.16. The third-order valence-corrected chi connectivity index (χ3v) is 2.07. The summed E-state index contributed by atoms with van der Waals surface area (Å²) in [6.07, 6.45) is 0. The highest BCUT2D eigenvalue weighted by molar-refractivity contribution is 5.75. The van der Waals surface area contributed by atoms with Gasteiger partial charge in [-0.2, -0.15) is 0 Å². The Morgan fingerprint density at radius 3 is 2.87 bits per heavy atom. The molecule has 0 heterocycles. The van der Waals surface area contributed by atoms with Crippen LogP contribution in [0.5, 0.6) is 0 Å². The Hall–Kier alpha value is -1.79. The van der Waals surface area contributed by atoms with Gasteiger partial charge in [0.25, 0.3) is 0 Å². The van der Waals surface area contributed by atoms with Gasteiger partial charge in [0, 0.05) is 5.56 Å². The molecular weight excluding hydrogens is 192 g/mol. The van der Waals surface area contributed by atoms with Gasteiger partial charge < -0.3 is 10.2 Å². The molecule has 0 aliphatic carbocycles. The number of benzene rings is 1. The lowest BCUT2D eigenvalue weighted by molar-refractivity contribution is -0.138. The quantitative estimate of drug-likeness (QED) is 0.712. The van der Waals surface area contributed by atoms with Gasteiger partial charge in [0.2, 0.25) is 0 Å². The lowest BCUT2D eigenvalue weighted by atomic mass is 9.99. The summed E-state index contributed by atoms with van der Waals surface area (Å²) in [6, 6.07) is 7.02. The number of carboxylic acid groups (broad SMARTS) is 1. The summed E-state index contributed by atoms with van der Waals surface area (Å²) in [6.45, 7) is 1.43. The van der Waals surface area contributed by atoms with Crippen molar-refractivity contribution in [1.82, 2.24) is 0 Å². The number of carboxylic acids is 1. The van der Waals surface area contributed by atoms with E-state index in [1.807, 2.05) is 0 Å². The molecule has 1 unspecified atom stereocenters. The van der Waals surface area contributed by atoms with E-state index in [1.54, 1.807) is 31.2 Å². The number of hydrogen-bond acceptors (Lipinski definition) is 2. The molecule has 1 rings (SSSR count). The van der Waals surface area contributed by atoms with Crippen molar-refractivity contribution in [3.63, 3.8) is 0 Å². The van der Waals surface area contributed by atoms with Gasteiger partial charge in [0.1, 0.15) is 6.61 Å². The molecule has 78 valence electrons. The number of hydrogen-bond donors (Lipinski definition) is 2. The van der Waals surface area contributed by atoms with Crippen molar-refractivity contribution in [1.29, 1.82) is 0 Å². The lowest BCUT2D eigenvalue weighted by Gasteiger charge is -2.06. The molecule has 1 aromatic carbocycles. The molecule has 1 atom stereocenters. The van der Waals surface area contributed by atoms with Gasteiger partial charge in [-0.25, -0.2) is 0 Å². The summed E-state index contributed by atoms with van der Waals surface area (Å²) < 4.78 is 0. The second kappa shape index (κ2) is 5.18. The van der Waals surface area contributed by atoms with Crippen molar-refractivity contribution in [2.75, 3.05) is 6.61 Å². The molecule has 0 saturated carbocycles. The maximum Gasteiger partial charge on any atom is 0.310 e. The highest BCUT2D eigenvalue weighted by atomic mass is 16.4. The topological polar surface area (TPSA) is 57.5 Å². The summed E-state index contributed by atoms with van der Waals surface area (Å²) in [7, 11) is 0. The van der Waals surface area contributed by atoms with Gasteiger partial charge in [-0.05, 0) is 24.6 Å². The molecule has 0 aliphatic rings. The Kier molecular flexibility index (Phi) is 3.90. The summed E-state index contributed by atoms with van der Waals surface area (Å²) in [5, 5.41) is 17.4. The predicted molar refractivity (Wildman–Crippen MR) is 56.5 cm³/mol. The standard InChI is InChI=1S/C12H12O3/c1-9(12(14)15)11-6-2-4-10(8-11)5-3-7-13/h2,4,6,8-9,13H,7H2,1H3,(H,14,15). The van der Waals surface area contributed by atoms with Crippen LogP contribution in [-0.2, 0) is 4.79 Å². The first-order valence-electron chi connectivity index (χ1n) is 4.57. The normalized spacial score (nSPS) is 11.3. The van der Waals surface area contributed by atoms with Crippen LogP contribution in [0, 0.1) is 11.8 Å². The zero-order valence-corrected chi connectivity index (χ0v) is 8.40. The molecule has 15 heavy (non-hydrogen) atoms. The molecule has 2 N–H and O–H groups in total. The van der Waals surface area contributed by atoms with E-state index in [0.717, 1.165) is 5.56 Å². The Bertz CT molecular complexity index is 412. The summed E-state index contributed by atoms with van der Waals surface area (Å²) >= 11 is 0. The smallest absolute Gasteiger partial charge is 0.310 e. The molecule has 3 heteroatoms. The number of aliphatic carboxylic acids is 1. The van der Waals surface area contributed by atoms with E-state index in [0.29, 0.717) is 5.56 Å². The first kappa shape index (κ1) is 11.3. The van der Waals surface area contributed by atoms with Gasteiger partial charge in [-0.1, -0.05) is 24.0 Å². The van der Waals surface area contributed by atoms with Gasteiger partial charge in [0.15, 0.2) is 0 Å². The summed E-state index contributed by atoms with van der Waals surface area (Å²) in [4.78, 5) is 10.7. The lowest BCUT2D eigenvalue weighted by Crippen LogP contribution is -2.07. The van der Waals surface area contributed by atoms with Gasteiger partial charge in [-0.3, -0.25) is 4.79 Å². The first-order valence-corrected chi connectivity index (χ1v) is 4.57. The fraction of sp³-hybridized carbons (Fsp3) is 0.250. The van der Waals surface area contributed by atoms with E-state index in [-0.39, 0.29) is 6.61 Å². The minimum Gasteiger partial charge on any atom is -0.481 e. The summed E-state index contributed by atoms with van der Waals surface area (Å²) in [5.41, 5.74) is 1.43. The number of carbonyl (C=O) groups is 1. The minimum atomic E-state index is -0.859. The average Bonchev–Trinajstić information content (AvgIpc) is 2.25. The number of aliphatic hydroxyl groups excluding tert-OH is 1. The van der Waals surface area contributed by atoms with Crippen LogP contribution in [0.4, 0.5) is 0 Å². The maximum absolute atomic E-state index is 10.7. The second-order valence-corrected chi connectivity index (χ2v) is 3.15. The molecule has 1 aromatic rings. The SMILES string of the molecule is CC(C(=O)O)c1cccc(C#CCO)c1. The van der Waals surface area contributed by atoms with Crippen molar-refractivity contribution in [2.45, 2.75) is 12.8 Å². The van der Waals surface area contributed by atoms with Crippen LogP contribution in [0.1, 0.15) is 24.0 Å². The van der Waals surface area contributed by atoms with E-state index < -0.39 is 11.9 Å². The molecule has 0 bridgehead atoms. The molecule has 0 aromatic heterocycles. The van der Waals surface area contributed by atoms with Gasteiger partial charge >= 0.3 is 5.97 Å². The molecule has 0 aliphatic heterocycles. The second-order valence-electron chi connectivity index (χ2n) is 3.15. The Labute approximate surface area is 88.4 Å². The fourth-order valence-electron chi connectivity index (χ4n) is 1.17. The Morgan fingerprint density at radius 1 is 1.53 bits per heavy atom. The zero-order chi connectivity index (χ0) is 11.3. The van der Waals surface area contributed by atoms with E-state index in [2.05, 4.69) is 11.8 Å². The van der Waals surface area contributed by atoms with Crippen molar-refractivity contribution < 1.29 is 15.0 Å². The van der Waals surface area contributed by atoms with Crippen LogP contribution in [0.15, 0.2) is 24.3 Å². The van der Waals surface area contributed by atoms with Crippen LogP contribution < -0.4 is 0 Å². The monoisotopic (exact) mass is 204 g/mol. The molecule has 0 radical (unpaired) electrons. The van der Waals surface area contributed by atoms with Crippen molar-refractivity contribution in [3.8, 4) is 11.8 Å². The molecular formula is C12H12O3. The van der Waals surface area contributed by atoms with Crippen LogP contribution in [0.25, 0.3) is 0 Å². The van der Waals surface area contributed by atoms with Gasteiger partial charge in [0.05, 0.1) is 5.92 Å². The molecule has 0 amide bonds. The number of rotatable bonds is 2. The predicted octanol–water partition coefficient (Wildman–Crippen LogP) is 1.22. The van der Waals surface area contributed by atoms with Gasteiger partial charge in [-0.15, -0.1) is 0 Å². The Balaban J connectivity index is 2.97. The molecule has 0 spiro atoms. The van der Waals surface area contributed by atoms with Crippen LogP contribution in [0.3, 0.4) is 0 Å². The maximum atomic E-state index is 10.7. The van der Waals surface area contributed by atoms with E-state index in [1.165, 1.54) is 0 Å². The zero-order valence-electron chi connectivity index (χ0n) is 8.40. The molecule has 3 nitrogen and oxygen atoms in total. The fourth-order valence-corrected chi connectivity index (χ4v) is 1.17. The highest BCUT2D eigenvalue weighted by Gasteiger charge is 2.12.